The SMILES string of the molecule is N#Cc1ccc(C[S+]([O-])/C=C/c2ccc(Br)cc2)cc1. The largest absolute Gasteiger partial charge is 0.612 e. The lowest BCUT2D eigenvalue weighted by Crippen LogP contribution is -1.99. The predicted octanol–water partition coefficient (Wildman–Crippen LogP) is 4.24. The summed E-state index contributed by atoms with van der Waals surface area (Å²) < 4.78 is 13.0. The molecule has 0 bridgehead atoms. The predicted molar refractivity (Wildman–Crippen MR) is 86.2 cm³/mol. The second kappa shape index (κ2) is 7.30. The first-order valence-corrected chi connectivity index (χ1v) is 8.15. The molecule has 0 heterocycles. The highest BCUT2D eigenvalue weighted by atomic mass is 79.9. The van der Waals surface area contributed by atoms with Gasteiger partial charge in [-0.05, 0) is 47.1 Å². The van der Waals surface area contributed by atoms with Crippen molar-refractivity contribution in [2.75, 3.05) is 0 Å². The zero-order valence-corrected chi connectivity index (χ0v) is 13.0. The Morgan fingerprint density at radius 1 is 1.10 bits per heavy atom. The number of rotatable bonds is 4. The number of benzene rings is 2. The molecule has 2 aromatic carbocycles. The molecule has 0 radical (unpaired) electrons. The maximum atomic E-state index is 12.0. The van der Waals surface area contributed by atoms with E-state index in [9.17, 15) is 4.55 Å². The molecule has 2 aromatic rings. The Kier molecular flexibility index (Phi) is 5.42. The van der Waals surface area contributed by atoms with Crippen molar-refractivity contribution in [2.45, 2.75) is 5.75 Å². The van der Waals surface area contributed by atoms with Crippen LogP contribution in [0.2, 0.25) is 0 Å². The van der Waals surface area contributed by atoms with Gasteiger partial charge in [0, 0.05) is 10.0 Å². The molecule has 4 heteroatoms. The Morgan fingerprint density at radius 3 is 2.35 bits per heavy atom. The quantitative estimate of drug-likeness (QED) is 0.778. The van der Waals surface area contributed by atoms with E-state index in [4.69, 9.17) is 5.26 Å². The Bertz CT molecular complexity index is 629. The summed E-state index contributed by atoms with van der Waals surface area (Å²) in [6.45, 7) is 0. The minimum absolute atomic E-state index is 0.457. The van der Waals surface area contributed by atoms with Gasteiger partial charge >= 0.3 is 0 Å². The number of hydrogen-bond donors (Lipinski definition) is 0. The molecule has 0 amide bonds. The van der Waals surface area contributed by atoms with Crippen molar-refractivity contribution in [1.82, 2.24) is 0 Å². The van der Waals surface area contributed by atoms with Crippen LogP contribution in [0.15, 0.2) is 58.4 Å². The summed E-state index contributed by atoms with van der Waals surface area (Å²) >= 11 is 2.31. The molecule has 2 nitrogen and oxygen atoms in total. The lowest BCUT2D eigenvalue weighted by atomic mass is 10.2. The molecule has 0 aliphatic rings. The smallest absolute Gasteiger partial charge is 0.135 e. The monoisotopic (exact) mass is 345 g/mol. The third kappa shape index (κ3) is 4.53. The zero-order chi connectivity index (χ0) is 14.4. The molecule has 0 aromatic heterocycles. The van der Waals surface area contributed by atoms with Gasteiger partial charge in [0.1, 0.15) is 11.2 Å². The third-order valence-electron chi connectivity index (χ3n) is 2.67. The van der Waals surface area contributed by atoms with Crippen LogP contribution in [0.3, 0.4) is 0 Å². The summed E-state index contributed by atoms with van der Waals surface area (Å²) in [6, 6.07) is 17.0. The van der Waals surface area contributed by atoms with E-state index >= 15 is 0 Å². The third-order valence-corrected chi connectivity index (χ3v) is 4.26. The zero-order valence-electron chi connectivity index (χ0n) is 10.6. The van der Waals surface area contributed by atoms with Crippen LogP contribution in [0.5, 0.6) is 0 Å². The highest BCUT2D eigenvalue weighted by Crippen LogP contribution is 2.14. The number of halogens is 1. The molecule has 0 aliphatic carbocycles. The van der Waals surface area contributed by atoms with Gasteiger partial charge in [0.15, 0.2) is 0 Å². The van der Waals surface area contributed by atoms with E-state index in [0.717, 1.165) is 15.6 Å². The lowest BCUT2D eigenvalue weighted by molar-refractivity contribution is 0.603. The molecule has 0 fully saturated rings. The van der Waals surface area contributed by atoms with Crippen LogP contribution in [-0.2, 0) is 16.9 Å². The van der Waals surface area contributed by atoms with Gasteiger partial charge in [0.25, 0.3) is 0 Å². The average molecular weight is 346 g/mol. The molecule has 0 N–H and O–H groups in total. The fourth-order valence-corrected chi connectivity index (χ4v) is 2.81. The number of hydrogen-bond acceptors (Lipinski definition) is 2. The summed E-state index contributed by atoms with van der Waals surface area (Å²) in [5.74, 6) is 0.457. The van der Waals surface area contributed by atoms with Gasteiger partial charge in [-0.15, -0.1) is 0 Å². The van der Waals surface area contributed by atoms with Gasteiger partial charge in [0.05, 0.1) is 11.6 Å². The van der Waals surface area contributed by atoms with Gasteiger partial charge in [-0.3, -0.25) is 0 Å². The van der Waals surface area contributed by atoms with Crippen molar-refractivity contribution in [3.05, 3.63) is 75.1 Å². The molecule has 0 saturated heterocycles. The van der Waals surface area contributed by atoms with Gasteiger partial charge in [0.2, 0.25) is 0 Å². The van der Waals surface area contributed by atoms with Crippen molar-refractivity contribution in [1.29, 1.82) is 5.26 Å². The van der Waals surface area contributed by atoms with Crippen LogP contribution in [0.4, 0.5) is 0 Å². The Balaban J connectivity index is 1.96. The maximum absolute atomic E-state index is 12.0. The molecular weight excluding hydrogens is 334 g/mol. The summed E-state index contributed by atoms with van der Waals surface area (Å²) in [4.78, 5) is 0. The number of nitrogens with zero attached hydrogens (tertiary/aromatic N) is 1. The normalized spacial score (nSPS) is 12.2. The Morgan fingerprint density at radius 2 is 1.75 bits per heavy atom. The summed E-state index contributed by atoms with van der Waals surface area (Å²) in [7, 11) is 0. The van der Waals surface area contributed by atoms with Crippen molar-refractivity contribution in [3.8, 4) is 6.07 Å². The van der Waals surface area contributed by atoms with Crippen molar-refractivity contribution >= 4 is 33.2 Å². The van der Waals surface area contributed by atoms with Crippen molar-refractivity contribution in [3.63, 3.8) is 0 Å². The minimum atomic E-state index is -1.06. The van der Waals surface area contributed by atoms with Crippen LogP contribution in [0.25, 0.3) is 6.08 Å². The fraction of sp³-hybridized carbons (Fsp3) is 0.0625. The second-order valence-electron chi connectivity index (χ2n) is 4.19. The standard InChI is InChI=1S/C16H12BrNOS/c17-16-7-5-13(6-8-16)9-10-20(19)12-15-3-1-14(11-18)2-4-15/h1-10H,12H2/b10-9+. The van der Waals surface area contributed by atoms with Gasteiger partial charge in [-0.25, -0.2) is 0 Å². The van der Waals surface area contributed by atoms with Crippen LogP contribution >= 0.6 is 15.9 Å². The Labute approximate surface area is 130 Å². The van der Waals surface area contributed by atoms with E-state index in [0.29, 0.717) is 11.3 Å². The van der Waals surface area contributed by atoms with Gasteiger partial charge in [-0.1, -0.05) is 40.2 Å². The molecule has 0 spiro atoms. The van der Waals surface area contributed by atoms with Crippen LogP contribution in [-0.4, -0.2) is 4.55 Å². The van der Waals surface area contributed by atoms with E-state index in [1.54, 1.807) is 17.5 Å². The molecule has 0 aliphatic heterocycles. The molecule has 100 valence electrons. The van der Waals surface area contributed by atoms with E-state index in [1.165, 1.54) is 0 Å². The van der Waals surface area contributed by atoms with E-state index in [1.807, 2.05) is 42.5 Å². The average Bonchev–Trinajstić information content (AvgIpc) is 2.47. The molecular formula is C16H12BrNOS. The maximum Gasteiger partial charge on any atom is 0.135 e. The van der Waals surface area contributed by atoms with Gasteiger partial charge in [-0.2, -0.15) is 5.26 Å². The Hall–Kier alpha value is -1.54. The van der Waals surface area contributed by atoms with E-state index in [-0.39, 0.29) is 0 Å². The first kappa shape index (κ1) is 14.9. The van der Waals surface area contributed by atoms with E-state index < -0.39 is 11.2 Å². The summed E-state index contributed by atoms with van der Waals surface area (Å²) in [5.41, 5.74) is 2.59. The van der Waals surface area contributed by atoms with Crippen molar-refractivity contribution < 1.29 is 4.55 Å². The number of nitriles is 1. The molecule has 2 rings (SSSR count). The van der Waals surface area contributed by atoms with Gasteiger partial charge < -0.3 is 4.55 Å². The first-order valence-electron chi connectivity index (χ1n) is 5.97. The first-order chi connectivity index (χ1) is 9.67. The van der Waals surface area contributed by atoms with Crippen LogP contribution in [0.1, 0.15) is 16.7 Å². The second-order valence-corrected chi connectivity index (χ2v) is 6.43. The molecule has 1 atom stereocenters. The van der Waals surface area contributed by atoms with Crippen LogP contribution < -0.4 is 0 Å². The molecule has 0 saturated carbocycles. The summed E-state index contributed by atoms with van der Waals surface area (Å²) in [6.07, 6.45) is 1.85. The minimum Gasteiger partial charge on any atom is -0.612 e. The highest BCUT2D eigenvalue weighted by molar-refractivity contribution is 9.10. The summed E-state index contributed by atoms with van der Waals surface area (Å²) in [5, 5.41) is 10.4. The topological polar surface area (TPSA) is 46.8 Å². The molecule has 20 heavy (non-hydrogen) atoms. The lowest BCUT2D eigenvalue weighted by Gasteiger charge is -2.05. The fourth-order valence-electron chi connectivity index (χ4n) is 1.62. The van der Waals surface area contributed by atoms with Crippen LogP contribution in [0, 0.1) is 11.3 Å². The van der Waals surface area contributed by atoms with Crippen molar-refractivity contribution in [2.24, 2.45) is 0 Å². The highest BCUT2D eigenvalue weighted by Gasteiger charge is 2.04. The van der Waals surface area contributed by atoms with E-state index in [2.05, 4.69) is 22.0 Å². The molecule has 1 unspecified atom stereocenters.